The number of carboxylic acids is 1. The zero-order valence-corrected chi connectivity index (χ0v) is 19.6. The van der Waals surface area contributed by atoms with Gasteiger partial charge in [0.1, 0.15) is 18.1 Å². The van der Waals surface area contributed by atoms with Gasteiger partial charge in [0.15, 0.2) is 6.61 Å². The minimum Gasteiger partial charge on any atom is -0.487 e. The van der Waals surface area contributed by atoms with Crippen LogP contribution in [-0.4, -0.2) is 32.1 Å². The van der Waals surface area contributed by atoms with Gasteiger partial charge >= 0.3 is 5.97 Å². The molecule has 8 heteroatoms. The minimum absolute atomic E-state index is 0.201. The predicted octanol–water partition coefficient (Wildman–Crippen LogP) is 4.64. The van der Waals surface area contributed by atoms with E-state index < -0.39 is 22.6 Å². The molecule has 0 saturated heterocycles. The Morgan fingerprint density at radius 3 is 2.24 bits per heavy atom. The second-order valence-corrected chi connectivity index (χ2v) is 9.61. The largest absolute Gasteiger partial charge is 0.487 e. The maximum atomic E-state index is 13.4. The second-order valence-electron chi connectivity index (χ2n) is 7.79. The molecule has 0 amide bonds. The number of aliphatic carboxylic acids is 1. The summed E-state index contributed by atoms with van der Waals surface area (Å²) >= 11 is 0. The first-order valence-corrected chi connectivity index (χ1v) is 11.9. The van der Waals surface area contributed by atoms with Gasteiger partial charge in [-0.1, -0.05) is 36.4 Å². The van der Waals surface area contributed by atoms with Crippen molar-refractivity contribution in [3.8, 4) is 11.5 Å². The highest BCUT2D eigenvalue weighted by atomic mass is 32.2. The summed E-state index contributed by atoms with van der Waals surface area (Å²) in [5.74, 6) is -0.152. The molecule has 3 aromatic rings. The average Bonchev–Trinajstić information content (AvgIpc) is 2.78. The van der Waals surface area contributed by atoms with Gasteiger partial charge in [-0.15, -0.1) is 0 Å². The number of aryl methyl sites for hydroxylation is 1. The van der Waals surface area contributed by atoms with Crippen molar-refractivity contribution < 1.29 is 27.8 Å². The van der Waals surface area contributed by atoms with E-state index in [9.17, 15) is 13.2 Å². The highest BCUT2D eigenvalue weighted by Crippen LogP contribution is 2.35. The molecule has 7 nitrogen and oxygen atoms in total. The van der Waals surface area contributed by atoms with Crippen LogP contribution in [0.3, 0.4) is 0 Å². The Morgan fingerprint density at radius 2 is 1.64 bits per heavy atom. The molecule has 0 heterocycles. The third kappa shape index (κ3) is 6.04. The number of carboxylic acid groups (broad SMARTS) is 1. The fourth-order valence-electron chi connectivity index (χ4n) is 3.30. The van der Waals surface area contributed by atoms with Gasteiger partial charge in [0, 0.05) is 6.04 Å². The number of nitrogens with zero attached hydrogens (tertiary/aromatic N) is 1. The van der Waals surface area contributed by atoms with E-state index in [0.29, 0.717) is 17.2 Å². The van der Waals surface area contributed by atoms with E-state index in [1.54, 1.807) is 60.7 Å². The Labute approximate surface area is 194 Å². The van der Waals surface area contributed by atoms with E-state index in [1.165, 1.54) is 4.31 Å². The Hall–Kier alpha value is -3.52. The summed E-state index contributed by atoms with van der Waals surface area (Å²) in [4.78, 5) is 10.8. The monoisotopic (exact) mass is 469 g/mol. The minimum atomic E-state index is -3.80. The van der Waals surface area contributed by atoms with Crippen LogP contribution in [-0.2, 0) is 21.4 Å². The lowest BCUT2D eigenvalue weighted by atomic mass is 10.2. The first-order chi connectivity index (χ1) is 15.7. The van der Waals surface area contributed by atoms with E-state index in [4.69, 9.17) is 14.6 Å². The van der Waals surface area contributed by atoms with Crippen molar-refractivity contribution in [3.63, 3.8) is 0 Å². The second kappa shape index (κ2) is 10.4. The van der Waals surface area contributed by atoms with E-state index in [2.05, 4.69) is 0 Å². The summed E-state index contributed by atoms with van der Waals surface area (Å²) in [5.41, 5.74) is 2.22. The molecule has 0 aliphatic carbocycles. The molecular weight excluding hydrogens is 442 g/mol. The van der Waals surface area contributed by atoms with Gasteiger partial charge in [0.25, 0.3) is 10.0 Å². The van der Waals surface area contributed by atoms with Crippen molar-refractivity contribution in [2.45, 2.75) is 38.3 Å². The normalized spacial score (nSPS) is 11.3. The third-order valence-electron chi connectivity index (χ3n) is 4.80. The Bertz CT molecular complexity index is 1190. The lowest BCUT2D eigenvalue weighted by Crippen LogP contribution is -2.37. The van der Waals surface area contributed by atoms with Gasteiger partial charge in [-0.2, -0.15) is 0 Å². The van der Waals surface area contributed by atoms with Crippen LogP contribution in [0.4, 0.5) is 5.69 Å². The number of ether oxygens (including phenoxy) is 2. The SMILES string of the molecule is Cc1ccc(N(C(C)C)S(=O)(=O)c2ccccc2)c(OCc2ccc(OCC(=O)O)cc2)c1. The summed E-state index contributed by atoms with van der Waals surface area (Å²) in [6, 6.07) is 20.3. The summed E-state index contributed by atoms with van der Waals surface area (Å²) in [6.07, 6.45) is 0. The first-order valence-electron chi connectivity index (χ1n) is 10.4. The number of sulfonamides is 1. The molecule has 3 aromatic carbocycles. The van der Waals surface area contributed by atoms with E-state index in [1.807, 2.05) is 32.9 Å². The molecule has 3 rings (SSSR count). The van der Waals surface area contributed by atoms with Gasteiger partial charge in [0.05, 0.1) is 10.6 Å². The maximum Gasteiger partial charge on any atom is 0.341 e. The van der Waals surface area contributed by atoms with Gasteiger partial charge in [-0.05, 0) is 68.3 Å². The van der Waals surface area contributed by atoms with Crippen LogP contribution < -0.4 is 13.8 Å². The van der Waals surface area contributed by atoms with Gasteiger partial charge in [0.2, 0.25) is 0 Å². The molecule has 0 aliphatic heterocycles. The molecule has 0 saturated carbocycles. The fraction of sp³-hybridized carbons (Fsp3) is 0.240. The standard InChI is InChI=1S/C25H27NO6S/c1-18(2)26(33(29,30)22-7-5-4-6-8-22)23-14-9-19(3)15-24(23)32-16-20-10-12-21(13-11-20)31-17-25(27)28/h4-15,18H,16-17H2,1-3H3,(H,27,28). The van der Waals surface area contributed by atoms with Crippen LogP contribution in [0.2, 0.25) is 0 Å². The van der Waals surface area contributed by atoms with Crippen LogP contribution in [0.15, 0.2) is 77.7 Å². The van der Waals surface area contributed by atoms with Crippen molar-refractivity contribution in [2.75, 3.05) is 10.9 Å². The predicted molar refractivity (Wildman–Crippen MR) is 126 cm³/mol. The zero-order valence-electron chi connectivity index (χ0n) is 18.8. The topological polar surface area (TPSA) is 93.1 Å². The zero-order chi connectivity index (χ0) is 24.0. The van der Waals surface area contributed by atoms with E-state index >= 15 is 0 Å². The highest BCUT2D eigenvalue weighted by Gasteiger charge is 2.29. The van der Waals surface area contributed by atoms with Crippen LogP contribution in [0.25, 0.3) is 0 Å². The number of carbonyl (C=O) groups is 1. The Kier molecular flexibility index (Phi) is 7.60. The van der Waals surface area contributed by atoms with Crippen LogP contribution in [0.5, 0.6) is 11.5 Å². The molecule has 0 aliphatic rings. The van der Waals surface area contributed by atoms with E-state index in [-0.39, 0.29) is 17.5 Å². The van der Waals surface area contributed by atoms with Crippen molar-refractivity contribution in [1.82, 2.24) is 0 Å². The Balaban J connectivity index is 1.87. The Morgan fingerprint density at radius 1 is 0.970 bits per heavy atom. The van der Waals surface area contributed by atoms with E-state index in [0.717, 1.165) is 11.1 Å². The van der Waals surface area contributed by atoms with Gasteiger partial charge in [-0.3, -0.25) is 4.31 Å². The summed E-state index contributed by atoms with van der Waals surface area (Å²) in [7, 11) is -3.80. The number of hydrogen-bond acceptors (Lipinski definition) is 5. The maximum absolute atomic E-state index is 13.4. The molecule has 0 radical (unpaired) electrons. The number of benzene rings is 3. The number of rotatable bonds is 10. The molecule has 0 spiro atoms. The van der Waals surface area contributed by atoms with Crippen molar-refractivity contribution >= 4 is 21.7 Å². The molecule has 0 aromatic heterocycles. The molecule has 0 bridgehead atoms. The average molecular weight is 470 g/mol. The van der Waals surface area contributed by atoms with Gasteiger partial charge < -0.3 is 14.6 Å². The fourth-order valence-corrected chi connectivity index (χ4v) is 4.99. The number of hydrogen-bond donors (Lipinski definition) is 1. The first kappa shape index (κ1) is 24.1. The molecule has 1 N–H and O–H groups in total. The lowest BCUT2D eigenvalue weighted by Gasteiger charge is -2.30. The number of anilines is 1. The molecule has 0 atom stereocenters. The van der Waals surface area contributed by atoms with Crippen LogP contribution >= 0.6 is 0 Å². The van der Waals surface area contributed by atoms with Crippen molar-refractivity contribution in [2.24, 2.45) is 0 Å². The lowest BCUT2D eigenvalue weighted by molar-refractivity contribution is -0.139. The summed E-state index contributed by atoms with van der Waals surface area (Å²) in [6.45, 7) is 5.34. The quantitative estimate of drug-likeness (QED) is 0.465. The smallest absolute Gasteiger partial charge is 0.341 e. The highest BCUT2D eigenvalue weighted by molar-refractivity contribution is 7.92. The third-order valence-corrected chi connectivity index (χ3v) is 6.81. The summed E-state index contributed by atoms with van der Waals surface area (Å²) in [5, 5.41) is 8.71. The molecule has 33 heavy (non-hydrogen) atoms. The molecule has 0 fully saturated rings. The molecule has 0 unspecified atom stereocenters. The molecular formula is C25H27NO6S. The van der Waals surface area contributed by atoms with Crippen molar-refractivity contribution in [3.05, 3.63) is 83.9 Å². The van der Waals surface area contributed by atoms with Crippen molar-refractivity contribution in [1.29, 1.82) is 0 Å². The summed E-state index contributed by atoms with van der Waals surface area (Å²) < 4.78 is 39.5. The molecule has 174 valence electrons. The van der Waals surface area contributed by atoms with Gasteiger partial charge in [-0.25, -0.2) is 13.2 Å². The van der Waals surface area contributed by atoms with Crippen LogP contribution in [0.1, 0.15) is 25.0 Å². The van der Waals surface area contributed by atoms with Crippen LogP contribution in [0, 0.1) is 6.92 Å².